The maximum Gasteiger partial charge on any atom is 0.436 e. The van der Waals surface area contributed by atoms with Crippen molar-refractivity contribution in [3.8, 4) is 11.8 Å². The van der Waals surface area contributed by atoms with Gasteiger partial charge in [0.1, 0.15) is 11.8 Å². The van der Waals surface area contributed by atoms with Crippen LogP contribution in [0.25, 0.3) is 0 Å². The van der Waals surface area contributed by atoms with Gasteiger partial charge in [0, 0.05) is 37.2 Å². The molecule has 0 fully saturated rings. The molecule has 1 aromatic heterocycles. The summed E-state index contributed by atoms with van der Waals surface area (Å²) in [5.41, 5.74) is 0.946. The molecule has 0 radical (unpaired) electrons. The number of pyridine rings is 1. The number of carbonyl (C=O) groups is 1. The van der Waals surface area contributed by atoms with Crippen molar-refractivity contribution in [2.24, 2.45) is 5.10 Å². The van der Waals surface area contributed by atoms with Crippen molar-refractivity contribution >= 4 is 18.0 Å². The molecule has 1 atom stereocenters. The Balaban J connectivity index is 1.75. The van der Waals surface area contributed by atoms with Crippen molar-refractivity contribution in [2.45, 2.75) is 12.5 Å². The fourth-order valence-electron chi connectivity index (χ4n) is 2.35. The molecule has 0 bridgehead atoms. The van der Waals surface area contributed by atoms with E-state index in [1.165, 1.54) is 30.5 Å². The van der Waals surface area contributed by atoms with Gasteiger partial charge in [-0.25, -0.2) is 4.79 Å². The molecule has 124 valence electrons. The maximum atomic E-state index is 12.3. The van der Waals surface area contributed by atoms with Gasteiger partial charge in [-0.3, -0.25) is 15.1 Å². The van der Waals surface area contributed by atoms with Crippen LogP contribution in [-0.2, 0) is 0 Å². The van der Waals surface area contributed by atoms with E-state index in [1.807, 2.05) is 6.07 Å². The summed E-state index contributed by atoms with van der Waals surface area (Å²) in [6.07, 6.45) is 4.30. The normalized spacial score (nSPS) is 15.6. The SMILES string of the molecule is N#Cc1cncc([C@@H]2CC=NN2C(=O)Oc2ccc([N+](=O)[O-])cc2)c1. The van der Waals surface area contributed by atoms with Gasteiger partial charge in [-0.1, -0.05) is 0 Å². The third kappa shape index (κ3) is 3.42. The van der Waals surface area contributed by atoms with Crippen LogP contribution in [0.5, 0.6) is 5.75 Å². The molecule has 1 aliphatic rings. The summed E-state index contributed by atoms with van der Waals surface area (Å²) in [6.45, 7) is 0. The largest absolute Gasteiger partial charge is 0.436 e. The Morgan fingerprint density at radius 1 is 1.36 bits per heavy atom. The highest BCUT2D eigenvalue weighted by molar-refractivity contribution is 5.75. The maximum absolute atomic E-state index is 12.3. The minimum Gasteiger partial charge on any atom is -0.409 e. The van der Waals surface area contributed by atoms with Crippen molar-refractivity contribution in [3.63, 3.8) is 0 Å². The van der Waals surface area contributed by atoms with Gasteiger partial charge < -0.3 is 4.74 Å². The van der Waals surface area contributed by atoms with Gasteiger partial charge in [0.25, 0.3) is 5.69 Å². The van der Waals surface area contributed by atoms with E-state index in [2.05, 4.69) is 10.1 Å². The first-order chi connectivity index (χ1) is 12.1. The van der Waals surface area contributed by atoms with Gasteiger partial charge in [0.15, 0.2) is 0 Å². The van der Waals surface area contributed by atoms with Crippen LogP contribution in [0.15, 0.2) is 47.8 Å². The van der Waals surface area contributed by atoms with Crippen molar-refractivity contribution in [1.82, 2.24) is 9.99 Å². The predicted molar refractivity (Wildman–Crippen MR) is 85.8 cm³/mol. The predicted octanol–water partition coefficient (Wildman–Crippen LogP) is 2.79. The fourth-order valence-corrected chi connectivity index (χ4v) is 2.35. The van der Waals surface area contributed by atoms with Crippen LogP contribution in [0.3, 0.4) is 0 Å². The minimum absolute atomic E-state index is 0.101. The zero-order chi connectivity index (χ0) is 17.8. The number of benzene rings is 1. The van der Waals surface area contributed by atoms with Crippen LogP contribution in [-0.4, -0.2) is 27.2 Å². The van der Waals surface area contributed by atoms with E-state index in [-0.39, 0.29) is 11.4 Å². The van der Waals surface area contributed by atoms with E-state index < -0.39 is 17.1 Å². The van der Waals surface area contributed by atoms with Gasteiger partial charge in [-0.2, -0.15) is 15.4 Å². The minimum atomic E-state index is -0.727. The monoisotopic (exact) mass is 337 g/mol. The van der Waals surface area contributed by atoms with Crippen LogP contribution in [0.1, 0.15) is 23.6 Å². The van der Waals surface area contributed by atoms with Crippen molar-refractivity contribution < 1.29 is 14.5 Å². The molecule has 0 spiro atoms. The van der Waals surface area contributed by atoms with E-state index >= 15 is 0 Å². The second-order valence-electron chi connectivity index (χ2n) is 5.13. The average Bonchev–Trinajstić information content (AvgIpc) is 3.12. The number of nitro benzene ring substituents is 1. The summed E-state index contributed by atoms with van der Waals surface area (Å²) < 4.78 is 5.21. The zero-order valence-corrected chi connectivity index (χ0v) is 12.8. The highest BCUT2D eigenvalue weighted by Gasteiger charge is 2.30. The number of hydrogen-bond donors (Lipinski definition) is 0. The van der Waals surface area contributed by atoms with E-state index in [0.29, 0.717) is 17.5 Å². The molecular formula is C16H11N5O4. The lowest BCUT2D eigenvalue weighted by molar-refractivity contribution is -0.384. The average molecular weight is 337 g/mol. The molecular weight excluding hydrogens is 326 g/mol. The quantitative estimate of drug-likeness (QED) is 0.627. The Morgan fingerprint density at radius 3 is 2.80 bits per heavy atom. The first-order valence-electron chi connectivity index (χ1n) is 7.21. The first kappa shape index (κ1) is 16.1. The highest BCUT2D eigenvalue weighted by atomic mass is 16.6. The summed E-state index contributed by atoms with van der Waals surface area (Å²) in [5.74, 6) is 0.167. The standard InChI is InChI=1S/C16H11N5O4/c17-8-11-7-12(10-18-9-11)15-5-6-19-20(15)16(22)25-14-3-1-13(2-4-14)21(23)24/h1-4,6-7,9-10,15H,5H2/t15-/m0/s1. The van der Waals surface area contributed by atoms with E-state index in [9.17, 15) is 14.9 Å². The highest BCUT2D eigenvalue weighted by Crippen LogP contribution is 2.29. The second kappa shape index (κ2) is 6.76. The molecule has 0 unspecified atom stereocenters. The van der Waals surface area contributed by atoms with Gasteiger partial charge in [0.2, 0.25) is 0 Å². The summed E-state index contributed by atoms with van der Waals surface area (Å²) >= 11 is 0. The number of nitrogens with zero attached hydrogens (tertiary/aromatic N) is 5. The van der Waals surface area contributed by atoms with E-state index in [1.54, 1.807) is 18.5 Å². The Morgan fingerprint density at radius 2 is 2.12 bits per heavy atom. The molecule has 9 heteroatoms. The molecule has 0 N–H and O–H groups in total. The number of hydrazone groups is 1. The summed E-state index contributed by atoms with van der Waals surface area (Å²) in [7, 11) is 0. The molecule has 0 saturated heterocycles. The van der Waals surface area contributed by atoms with Gasteiger partial charge in [0.05, 0.1) is 16.5 Å². The third-order valence-corrected chi connectivity index (χ3v) is 3.54. The van der Waals surface area contributed by atoms with Crippen LogP contribution >= 0.6 is 0 Å². The Bertz CT molecular complexity index is 888. The van der Waals surface area contributed by atoms with Gasteiger partial charge >= 0.3 is 6.09 Å². The molecule has 1 amide bonds. The number of amides is 1. The number of rotatable bonds is 3. The molecule has 3 rings (SSSR count). The number of carbonyl (C=O) groups excluding carboxylic acids is 1. The summed E-state index contributed by atoms with van der Waals surface area (Å²) in [6, 6.07) is 8.37. The number of aromatic nitrogens is 1. The molecule has 1 aromatic carbocycles. The molecule has 0 aliphatic carbocycles. The number of nitro groups is 1. The smallest absolute Gasteiger partial charge is 0.409 e. The molecule has 25 heavy (non-hydrogen) atoms. The Labute approximate surface area is 141 Å². The topological polar surface area (TPSA) is 122 Å². The Kier molecular flexibility index (Phi) is 4.34. The van der Waals surface area contributed by atoms with Crippen LogP contribution in [0, 0.1) is 21.4 Å². The molecule has 0 saturated carbocycles. The van der Waals surface area contributed by atoms with Gasteiger partial charge in [-0.05, 0) is 23.8 Å². The molecule has 2 aromatic rings. The molecule has 2 heterocycles. The van der Waals surface area contributed by atoms with E-state index in [0.717, 1.165) is 5.01 Å². The molecule has 9 nitrogen and oxygen atoms in total. The van der Waals surface area contributed by atoms with Crippen molar-refractivity contribution in [2.75, 3.05) is 0 Å². The second-order valence-corrected chi connectivity index (χ2v) is 5.13. The number of ether oxygens (including phenoxy) is 1. The van der Waals surface area contributed by atoms with E-state index in [4.69, 9.17) is 10.00 Å². The number of hydrogen-bond acceptors (Lipinski definition) is 7. The van der Waals surface area contributed by atoms with Crippen LogP contribution in [0.2, 0.25) is 0 Å². The zero-order valence-electron chi connectivity index (χ0n) is 12.8. The van der Waals surface area contributed by atoms with Crippen LogP contribution in [0.4, 0.5) is 10.5 Å². The summed E-state index contributed by atoms with van der Waals surface area (Å²) in [5, 5.41) is 24.8. The molecule has 1 aliphatic heterocycles. The Hall–Kier alpha value is -3.80. The third-order valence-electron chi connectivity index (χ3n) is 3.54. The summed E-state index contributed by atoms with van der Waals surface area (Å²) in [4.78, 5) is 26.4. The number of non-ortho nitro benzene ring substituents is 1. The lowest BCUT2D eigenvalue weighted by atomic mass is 10.1. The lowest BCUT2D eigenvalue weighted by Gasteiger charge is -2.21. The number of nitriles is 1. The van der Waals surface area contributed by atoms with Gasteiger partial charge in [-0.15, -0.1) is 0 Å². The van der Waals surface area contributed by atoms with Crippen LogP contribution < -0.4 is 4.74 Å². The van der Waals surface area contributed by atoms with Crippen molar-refractivity contribution in [1.29, 1.82) is 5.26 Å². The van der Waals surface area contributed by atoms with Crippen molar-refractivity contribution in [3.05, 3.63) is 64.0 Å². The fraction of sp³-hybridized carbons (Fsp3) is 0.125. The lowest BCUT2D eigenvalue weighted by Crippen LogP contribution is -2.30. The first-order valence-corrected chi connectivity index (χ1v) is 7.21.